The Labute approximate surface area is 105 Å². The molecule has 1 aromatic rings. The molecule has 1 rings (SSSR count). The van der Waals surface area contributed by atoms with Crippen LogP contribution >= 0.6 is 11.3 Å². The number of anilines is 1. The van der Waals surface area contributed by atoms with Crippen LogP contribution in [0.2, 0.25) is 0 Å². The van der Waals surface area contributed by atoms with E-state index < -0.39 is 6.04 Å². The van der Waals surface area contributed by atoms with Crippen molar-refractivity contribution >= 4 is 22.2 Å². The van der Waals surface area contributed by atoms with Gasteiger partial charge in [0, 0.05) is 4.88 Å². The van der Waals surface area contributed by atoms with Crippen LogP contribution in [-0.2, 0) is 4.79 Å². The molecule has 5 heteroatoms. The molecule has 0 saturated carbocycles. The van der Waals surface area contributed by atoms with Gasteiger partial charge in [-0.25, -0.2) is 0 Å². The number of carbonyl (C=O) groups excluding carboxylic acids is 1. The Morgan fingerprint density at radius 3 is 2.53 bits per heavy atom. The first-order valence-electron chi connectivity index (χ1n) is 5.45. The number of nitrogens with two attached hydrogens (primary N) is 1. The summed E-state index contributed by atoms with van der Waals surface area (Å²) in [7, 11) is 0. The lowest BCUT2D eigenvalue weighted by Crippen LogP contribution is -2.39. The van der Waals surface area contributed by atoms with Crippen molar-refractivity contribution in [2.45, 2.75) is 33.7 Å². The molecule has 0 fully saturated rings. The summed E-state index contributed by atoms with van der Waals surface area (Å²) in [5, 5.41) is 12.4. The van der Waals surface area contributed by atoms with Crippen molar-refractivity contribution in [1.29, 1.82) is 5.26 Å². The van der Waals surface area contributed by atoms with Crippen molar-refractivity contribution in [3.8, 4) is 6.07 Å². The fourth-order valence-corrected chi connectivity index (χ4v) is 2.36. The number of nitriles is 1. The third kappa shape index (κ3) is 2.84. The van der Waals surface area contributed by atoms with Crippen LogP contribution in [0.5, 0.6) is 0 Å². The molecular formula is C12H17N3OS. The molecule has 4 nitrogen and oxygen atoms in total. The second-order valence-electron chi connectivity index (χ2n) is 4.36. The van der Waals surface area contributed by atoms with E-state index >= 15 is 0 Å². The minimum absolute atomic E-state index is 0.0719. The van der Waals surface area contributed by atoms with Crippen molar-refractivity contribution in [3.63, 3.8) is 0 Å². The Hall–Kier alpha value is -1.38. The standard InChI is InChI=1S/C12H17N3OS/c1-6(2)10(14)11(16)15-12-9(5-13)7(3)8(4)17-12/h6,10H,14H2,1-4H3,(H,15,16). The maximum atomic E-state index is 11.8. The third-order valence-electron chi connectivity index (χ3n) is 2.75. The topological polar surface area (TPSA) is 78.9 Å². The molecule has 1 unspecified atom stereocenters. The number of amides is 1. The molecule has 0 bridgehead atoms. The highest BCUT2D eigenvalue weighted by Crippen LogP contribution is 2.31. The number of hydrogen-bond donors (Lipinski definition) is 2. The van der Waals surface area contributed by atoms with Crippen LogP contribution in [0, 0.1) is 31.1 Å². The predicted octanol–water partition coefficient (Wildman–Crippen LogP) is 2.16. The zero-order valence-electron chi connectivity index (χ0n) is 10.5. The smallest absolute Gasteiger partial charge is 0.242 e. The first kappa shape index (κ1) is 13.7. The van der Waals surface area contributed by atoms with Gasteiger partial charge in [0.25, 0.3) is 0 Å². The molecule has 0 aliphatic rings. The largest absolute Gasteiger partial charge is 0.320 e. The van der Waals surface area contributed by atoms with Gasteiger partial charge < -0.3 is 11.1 Å². The van der Waals surface area contributed by atoms with Gasteiger partial charge in [-0.15, -0.1) is 11.3 Å². The summed E-state index contributed by atoms with van der Waals surface area (Å²) in [5.74, 6) is -0.166. The minimum Gasteiger partial charge on any atom is -0.320 e. The Bertz CT molecular complexity index is 471. The van der Waals surface area contributed by atoms with Crippen molar-refractivity contribution in [3.05, 3.63) is 16.0 Å². The molecule has 0 saturated heterocycles. The SMILES string of the molecule is Cc1sc(NC(=O)C(N)C(C)C)c(C#N)c1C. The summed E-state index contributed by atoms with van der Waals surface area (Å²) >= 11 is 1.41. The molecular weight excluding hydrogens is 234 g/mol. The van der Waals surface area contributed by atoms with E-state index in [0.717, 1.165) is 10.4 Å². The Morgan fingerprint density at radius 1 is 1.47 bits per heavy atom. The van der Waals surface area contributed by atoms with Crippen LogP contribution in [-0.4, -0.2) is 11.9 Å². The quantitative estimate of drug-likeness (QED) is 0.864. The van der Waals surface area contributed by atoms with Gasteiger partial charge in [0.2, 0.25) is 5.91 Å². The highest BCUT2D eigenvalue weighted by atomic mass is 32.1. The highest BCUT2D eigenvalue weighted by molar-refractivity contribution is 7.16. The van der Waals surface area contributed by atoms with Gasteiger partial charge in [0.05, 0.1) is 11.6 Å². The number of aryl methyl sites for hydroxylation is 1. The fourth-order valence-electron chi connectivity index (χ4n) is 1.35. The van der Waals surface area contributed by atoms with Gasteiger partial charge in [-0.05, 0) is 25.3 Å². The molecule has 1 atom stereocenters. The van der Waals surface area contributed by atoms with E-state index in [-0.39, 0.29) is 11.8 Å². The van der Waals surface area contributed by atoms with Crippen molar-refractivity contribution in [2.75, 3.05) is 5.32 Å². The number of rotatable bonds is 3. The lowest BCUT2D eigenvalue weighted by Gasteiger charge is -2.14. The number of carbonyl (C=O) groups is 1. The van der Waals surface area contributed by atoms with E-state index in [2.05, 4.69) is 11.4 Å². The van der Waals surface area contributed by atoms with Gasteiger partial charge in [0.1, 0.15) is 11.1 Å². The van der Waals surface area contributed by atoms with Crippen LogP contribution in [0.3, 0.4) is 0 Å². The second-order valence-corrected chi connectivity index (χ2v) is 5.58. The zero-order valence-corrected chi connectivity index (χ0v) is 11.3. The van der Waals surface area contributed by atoms with E-state index in [0.29, 0.717) is 10.6 Å². The van der Waals surface area contributed by atoms with Crippen LogP contribution in [0.15, 0.2) is 0 Å². The first-order chi connectivity index (χ1) is 7.88. The summed E-state index contributed by atoms with van der Waals surface area (Å²) in [6, 6.07) is 1.56. The average molecular weight is 251 g/mol. The van der Waals surface area contributed by atoms with Crippen LogP contribution in [0.4, 0.5) is 5.00 Å². The van der Waals surface area contributed by atoms with Gasteiger partial charge >= 0.3 is 0 Å². The first-order valence-corrected chi connectivity index (χ1v) is 6.26. The average Bonchev–Trinajstić information content (AvgIpc) is 2.53. The van der Waals surface area contributed by atoms with Crippen molar-refractivity contribution < 1.29 is 4.79 Å². The van der Waals surface area contributed by atoms with Gasteiger partial charge in [-0.3, -0.25) is 4.79 Å². The van der Waals surface area contributed by atoms with Gasteiger partial charge in [0.15, 0.2) is 0 Å². The number of hydrogen-bond acceptors (Lipinski definition) is 4. The molecule has 0 spiro atoms. The van der Waals surface area contributed by atoms with Crippen molar-refractivity contribution in [1.82, 2.24) is 0 Å². The zero-order chi connectivity index (χ0) is 13.2. The van der Waals surface area contributed by atoms with E-state index in [9.17, 15) is 4.79 Å². The summed E-state index contributed by atoms with van der Waals surface area (Å²) < 4.78 is 0. The van der Waals surface area contributed by atoms with Gasteiger partial charge in [-0.1, -0.05) is 13.8 Å². The van der Waals surface area contributed by atoms with E-state index in [1.54, 1.807) is 0 Å². The normalized spacial score (nSPS) is 12.3. The number of thiophene rings is 1. The fraction of sp³-hybridized carbons (Fsp3) is 0.500. The molecule has 1 amide bonds. The number of nitrogens with one attached hydrogen (secondary N) is 1. The Kier molecular flexibility index (Phi) is 4.27. The second kappa shape index (κ2) is 5.30. The maximum Gasteiger partial charge on any atom is 0.242 e. The summed E-state index contributed by atoms with van der Waals surface area (Å²) in [6.07, 6.45) is 0. The van der Waals surface area contributed by atoms with Crippen LogP contribution < -0.4 is 11.1 Å². The molecule has 0 radical (unpaired) electrons. The highest BCUT2D eigenvalue weighted by Gasteiger charge is 2.20. The van der Waals surface area contributed by atoms with Crippen molar-refractivity contribution in [2.24, 2.45) is 11.7 Å². The molecule has 0 aliphatic carbocycles. The maximum absolute atomic E-state index is 11.8. The van der Waals surface area contributed by atoms with Gasteiger partial charge in [-0.2, -0.15) is 5.26 Å². The van der Waals surface area contributed by atoms with E-state index in [1.165, 1.54) is 11.3 Å². The molecule has 3 N–H and O–H groups in total. The molecule has 0 aromatic carbocycles. The molecule has 1 heterocycles. The molecule has 0 aliphatic heterocycles. The van der Waals surface area contributed by atoms with E-state index in [1.807, 2.05) is 27.7 Å². The number of nitrogens with zero attached hydrogens (tertiary/aromatic N) is 1. The Balaban J connectivity index is 2.94. The molecule has 92 valence electrons. The Morgan fingerprint density at radius 2 is 2.06 bits per heavy atom. The molecule has 1 aromatic heterocycles. The summed E-state index contributed by atoms with van der Waals surface area (Å²) in [4.78, 5) is 12.8. The minimum atomic E-state index is -0.552. The lowest BCUT2D eigenvalue weighted by molar-refractivity contribution is -0.118. The predicted molar refractivity (Wildman–Crippen MR) is 70.0 cm³/mol. The monoisotopic (exact) mass is 251 g/mol. The molecule has 17 heavy (non-hydrogen) atoms. The summed E-state index contributed by atoms with van der Waals surface area (Å²) in [6.45, 7) is 7.59. The third-order valence-corrected chi connectivity index (χ3v) is 3.88. The lowest BCUT2D eigenvalue weighted by atomic mass is 10.1. The van der Waals surface area contributed by atoms with E-state index in [4.69, 9.17) is 11.0 Å². The van der Waals surface area contributed by atoms with Crippen LogP contribution in [0.25, 0.3) is 0 Å². The van der Waals surface area contributed by atoms with Crippen LogP contribution in [0.1, 0.15) is 29.9 Å². The summed E-state index contributed by atoms with van der Waals surface area (Å²) in [5.41, 5.74) is 7.21.